The second-order valence-electron chi connectivity index (χ2n) is 6.65. The van der Waals surface area contributed by atoms with Crippen molar-refractivity contribution in [3.8, 4) is 11.3 Å². The molecule has 11 heteroatoms. The first-order valence-corrected chi connectivity index (χ1v) is 12.6. The number of rotatable bonds is 5. The van der Waals surface area contributed by atoms with Crippen molar-refractivity contribution in [3.05, 3.63) is 52.9 Å². The van der Waals surface area contributed by atoms with E-state index in [0.717, 1.165) is 21.9 Å². The van der Waals surface area contributed by atoms with E-state index in [2.05, 4.69) is 15.3 Å². The summed E-state index contributed by atoms with van der Waals surface area (Å²) in [7, 11) is -3.62. The molecule has 7 nitrogen and oxygen atoms in total. The van der Waals surface area contributed by atoms with Crippen molar-refractivity contribution in [2.75, 3.05) is 29.9 Å². The van der Waals surface area contributed by atoms with E-state index in [4.69, 9.17) is 0 Å². The Morgan fingerprint density at radius 2 is 1.93 bits per heavy atom. The highest BCUT2D eigenvalue weighted by molar-refractivity contribution is 7.99. The Labute approximate surface area is 181 Å². The summed E-state index contributed by atoms with van der Waals surface area (Å²) in [5.74, 6) is 0.708. The number of carbonyl (C=O) groups excluding carboxylic acids is 1. The molecule has 1 fully saturated rings. The van der Waals surface area contributed by atoms with Crippen LogP contribution in [-0.2, 0) is 10.0 Å². The summed E-state index contributed by atoms with van der Waals surface area (Å²) in [6.07, 6.45) is 1.34. The molecule has 0 bridgehead atoms. The smallest absolute Gasteiger partial charge is 0.273 e. The molecule has 0 unspecified atom stereocenters. The Kier molecular flexibility index (Phi) is 5.96. The molecule has 1 aliphatic heterocycles. The predicted molar refractivity (Wildman–Crippen MR) is 117 cm³/mol. The molecule has 1 amide bonds. The minimum Gasteiger partial charge on any atom is -0.356 e. The Morgan fingerprint density at radius 3 is 2.63 bits per heavy atom. The van der Waals surface area contributed by atoms with Gasteiger partial charge in [-0.25, -0.2) is 17.8 Å². The fraction of sp³-hybridized carbons (Fsp3) is 0.263. The molecule has 3 heterocycles. The first-order valence-electron chi connectivity index (χ1n) is 9.15. The first-order chi connectivity index (χ1) is 14.3. The van der Waals surface area contributed by atoms with E-state index in [0.29, 0.717) is 23.9 Å². The van der Waals surface area contributed by atoms with Crippen LogP contribution in [0.4, 0.5) is 9.52 Å². The number of H-pyrrole nitrogens is 1. The molecule has 1 aliphatic rings. The maximum absolute atomic E-state index is 13.1. The summed E-state index contributed by atoms with van der Waals surface area (Å²) in [5, 5.41) is 3.07. The lowest BCUT2D eigenvalue weighted by atomic mass is 10.1. The largest absolute Gasteiger partial charge is 0.356 e. The Hall–Kier alpha value is -2.21. The van der Waals surface area contributed by atoms with Gasteiger partial charge in [-0.2, -0.15) is 16.1 Å². The number of hydrogen-bond acceptors (Lipinski definition) is 6. The van der Waals surface area contributed by atoms with Crippen LogP contribution in [0.15, 0.2) is 41.4 Å². The van der Waals surface area contributed by atoms with Crippen LogP contribution in [0.2, 0.25) is 0 Å². The summed E-state index contributed by atoms with van der Waals surface area (Å²) in [4.78, 5) is 20.7. The van der Waals surface area contributed by atoms with Gasteiger partial charge in [0.05, 0.1) is 5.69 Å². The minimum atomic E-state index is -3.62. The highest BCUT2D eigenvalue weighted by Gasteiger charge is 2.28. The topological polar surface area (TPSA) is 95.2 Å². The Morgan fingerprint density at radius 1 is 1.23 bits per heavy atom. The minimum absolute atomic E-state index is 0.0712. The molecular formula is C19H19FN4O3S3. The standard InChI is InChI=1S/C19H19FN4O3S3/c1-12-17(13-2-4-14(20)5-3-13)22-19(29-12)23-18(25)16-10-15(11-21-16)30(26,27)24-6-8-28-9-7-24/h2-5,10-11,21H,6-9H2,1H3,(H,22,23,25). The molecule has 1 saturated heterocycles. The normalized spacial score (nSPS) is 15.3. The van der Waals surface area contributed by atoms with Gasteiger partial charge in [-0.3, -0.25) is 10.1 Å². The van der Waals surface area contributed by atoms with Crippen molar-refractivity contribution in [2.24, 2.45) is 0 Å². The van der Waals surface area contributed by atoms with Crippen LogP contribution >= 0.6 is 23.1 Å². The highest BCUT2D eigenvalue weighted by Crippen LogP contribution is 2.31. The number of sulfonamides is 1. The number of aryl methyl sites for hydroxylation is 1. The number of carbonyl (C=O) groups is 1. The van der Waals surface area contributed by atoms with Gasteiger partial charge in [0.15, 0.2) is 5.13 Å². The van der Waals surface area contributed by atoms with E-state index in [-0.39, 0.29) is 16.4 Å². The SMILES string of the molecule is Cc1sc(NC(=O)c2cc(S(=O)(=O)N3CCSCC3)c[nH]2)nc1-c1ccc(F)cc1. The Bertz CT molecular complexity index is 1170. The van der Waals surface area contributed by atoms with Gasteiger partial charge < -0.3 is 4.98 Å². The zero-order chi connectivity index (χ0) is 21.3. The third-order valence-corrected chi connectivity index (χ3v) is 8.35. The summed E-state index contributed by atoms with van der Waals surface area (Å²) in [6.45, 7) is 2.79. The van der Waals surface area contributed by atoms with Crippen molar-refractivity contribution in [1.82, 2.24) is 14.3 Å². The molecule has 0 aliphatic carbocycles. The number of nitrogens with zero attached hydrogens (tertiary/aromatic N) is 2. The third kappa shape index (κ3) is 4.29. The van der Waals surface area contributed by atoms with Gasteiger partial charge in [-0.05, 0) is 37.3 Å². The second kappa shape index (κ2) is 8.50. The summed E-state index contributed by atoms with van der Waals surface area (Å²) < 4.78 is 40.1. The summed E-state index contributed by atoms with van der Waals surface area (Å²) in [5.41, 5.74) is 1.54. The van der Waals surface area contributed by atoms with E-state index in [1.54, 1.807) is 23.9 Å². The van der Waals surface area contributed by atoms with Crippen molar-refractivity contribution in [3.63, 3.8) is 0 Å². The van der Waals surface area contributed by atoms with Gasteiger partial charge in [0.1, 0.15) is 16.4 Å². The van der Waals surface area contributed by atoms with Crippen LogP contribution in [0, 0.1) is 12.7 Å². The van der Waals surface area contributed by atoms with Gasteiger partial charge in [-0.1, -0.05) is 0 Å². The van der Waals surface area contributed by atoms with E-state index < -0.39 is 15.9 Å². The average Bonchev–Trinajstić information content (AvgIpc) is 3.37. The van der Waals surface area contributed by atoms with Crippen molar-refractivity contribution >= 4 is 44.2 Å². The van der Waals surface area contributed by atoms with Crippen molar-refractivity contribution < 1.29 is 17.6 Å². The number of thioether (sulfide) groups is 1. The third-order valence-electron chi connectivity index (χ3n) is 4.64. The molecule has 0 radical (unpaired) electrons. The number of benzene rings is 1. The summed E-state index contributed by atoms with van der Waals surface area (Å²) >= 11 is 3.01. The molecule has 0 spiro atoms. The monoisotopic (exact) mass is 466 g/mol. The van der Waals surface area contributed by atoms with Crippen LogP contribution in [-0.4, -0.2) is 53.2 Å². The van der Waals surface area contributed by atoms with Gasteiger partial charge in [0, 0.05) is 41.2 Å². The van der Waals surface area contributed by atoms with Crippen LogP contribution < -0.4 is 5.32 Å². The molecule has 2 aromatic heterocycles. The lowest BCUT2D eigenvalue weighted by Crippen LogP contribution is -2.37. The maximum atomic E-state index is 13.1. The fourth-order valence-corrected chi connectivity index (χ4v) is 6.48. The molecule has 1 aromatic carbocycles. The summed E-state index contributed by atoms with van der Waals surface area (Å²) in [6, 6.07) is 7.31. The van der Waals surface area contributed by atoms with E-state index in [1.807, 2.05) is 6.92 Å². The van der Waals surface area contributed by atoms with Crippen molar-refractivity contribution in [1.29, 1.82) is 0 Å². The first kappa shape index (κ1) is 21.0. The average molecular weight is 467 g/mol. The van der Waals surface area contributed by atoms with Crippen molar-refractivity contribution in [2.45, 2.75) is 11.8 Å². The maximum Gasteiger partial charge on any atom is 0.273 e. The van der Waals surface area contributed by atoms with Gasteiger partial charge in [0.25, 0.3) is 5.91 Å². The zero-order valence-corrected chi connectivity index (χ0v) is 18.5. The number of hydrogen-bond donors (Lipinski definition) is 2. The lowest BCUT2D eigenvalue weighted by Gasteiger charge is -2.24. The molecule has 0 saturated carbocycles. The number of aromatic amines is 1. The number of thiazole rings is 1. The van der Waals surface area contributed by atoms with Gasteiger partial charge in [-0.15, -0.1) is 11.3 Å². The Balaban J connectivity index is 1.50. The second-order valence-corrected chi connectivity index (χ2v) is 11.0. The number of amides is 1. The molecule has 3 aromatic rings. The number of halogens is 1. The predicted octanol–water partition coefficient (Wildman–Crippen LogP) is 3.58. The molecule has 158 valence electrons. The number of nitrogens with one attached hydrogen (secondary N) is 2. The lowest BCUT2D eigenvalue weighted by molar-refractivity contribution is 0.102. The molecule has 2 N–H and O–H groups in total. The zero-order valence-electron chi connectivity index (χ0n) is 16.0. The molecule has 0 atom stereocenters. The van der Waals surface area contributed by atoms with E-state index in [1.165, 1.54) is 40.0 Å². The van der Waals surface area contributed by atoms with E-state index in [9.17, 15) is 17.6 Å². The molecule has 30 heavy (non-hydrogen) atoms. The quantitative estimate of drug-likeness (QED) is 0.599. The number of anilines is 1. The van der Waals surface area contributed by atoms with Crippen LogP contribution in [0.1, 0.15) is 15.4 Å². The van der Waals surface area contributed by atoms with Gasteiger partial charge >= 0.3 is 0 Å². The molecule has 4 rings (SSSR count). The molecular weight excluding hydrogens is 447 g/mol. The number of aromatic nitrogens is 2. The van der Waals surface area contributed by atoms with Crippen LogP contribution in [0.25, 0.3) is 11.3 Å². The van der Waals surface area contributed by atoms with Crippen LogP contribution in [0.5, 0.6) is 0 Å². The fourth-order valence-electron chi connectivity index (χ4n) is 3.08. The van der Waals surface area contributed by atoms with Gasteiger partial charge in [0.2, 0.25) is 10.0 Å². The van der Waals surface area contributed by atoms with E-state index >= 15 is 0 Å². The highest BCUT2D eigenvalue weighted by atomic mass is 32.2. The van der Waals surface area contributed by atoms with Crippen LogP contribution in [0.3, 0.4) is 0 Å².